The SMILES string of the molecule is COc1ccc(-c2nc(C)c(C)[nH]c2=O)cc1OC. The van der Waals surface area contributed by atoms with Gasteiger partial charge in [-0.3, -0.25) is 4.79 Å². The summed E-state index contributed by atoms with van der Waals surface area (Å²) in [5.41, 5.74) is 2.43. The maximum atomic E-state index is 12.0. The largest absolute Gasteiger partial charge is 0.493 e. The quantitative estimate of drug-likeness (QED) is 0.917. The van der Waals surface area contributed by atoms with E-state index in [4.69, 9.17) is 9.47 Å². The highest BCUT2D eigenvalue weighted by Gasteiger charge is 2.11. The number of hydrogen-bond donors (Lipinski definition) is 1. The number of aromatic amines is 1. The number of benzene rings is 1. The van der Waals surface area contributed by atoms with Gasteiger partial charge in [-0.1, -0.05) is 0 Å². The van der Waals surface area contributed by atoms with Gasteiger partial charge in [0.2, 0.25) is 0 Å². The molecule has 0 aliphatic rings. The summed E-state index contributed by atoms with van der Waals surface area (Å²) in [5, 5.41) is 0. The van der Waals surface area contributed by atoms with Gasteiger partial charge in [0.1, 0.15) is 5.69 Å². The minimum Gasteiger partial charge on any atom is -0.493 e. The van der Waals surface area contributed by atoms with Crippen molar-refractivity contribution >= 4 is 0 Å². The van der Waals surface area contributed by atoms with E-state index in [1.807, 2.05) is 13.8 Å². The van der Waals surface area contributed by atoms with Crippen molar-refractivity contribution in [2.24, 2.45) is 0 Å². The molecule has 0 saturated heterocycles. The lowest BCUT2D eigenvalue weighted by molar-refractivity contribution is 0.355. The average Bonchev–Trinajstić information content (AvgIpc) is 2.42. The Hall–Kier alpha value is -2.30. The zero-order valence-corrected chi connectivity index (χ0v) is 11.4. The van der Waals surface area contributed by atoms with E-state index in [2.05, 4.69) is 9.97 Å². The normalized spacial score (nSPS) is 10.3. The first-order valence-electron chi connectivity index (χ1n) is 5.86. The minimum absolute atomic E-state index is 0.213. The molecular formula is C14H16N2O3. The standard InChI is InChI=1S/C14H16N2O3/c1-8-9(2)16-14(17)13(15-8)10-5-6-11(18-3)12(7-10)19-4/h5-7H,1-4H3,(H,16,17). The molecule has 0 fully saturated rings. The summed E-state index contributed by atoms with van der Waals surface area (Å²) in [6.45, 7) is 3.68. The van der Waals surface area contributed by atoms with Gasteiger partial charge in [-0.15, -0.1) is 0 Å². The van der Waals surface area contributed by atoms with Crippen LogP contribution in [0.25, 0.3) is 11.3 Å². The number of ether oxygens (including phenoxy) is 2. The molecule has 0 unspecified atom stereocenters. The van der Waals surface area contributed by atoms with Crippen molar-refractivity contribution in [2.75, 3.05) is 14.2 Å². The summed E-state index contributed by atoms with van der Waals surface area (Å²) in [4.78, 5) is 19.1. The Morgan fingerprint density at radius 3 is 2.42 bits per heavy atom. The molecule has 5 heteroatoms. The van der Waals surface area contributed by atoms with Gasteiger partial charge in [0, 0.05) is 11.3 Å². The number of aryl methyl sites for hydroxylation is 2. The summed E-state index contributed by atoms with van der Waals surface area (Å²) in [6, 6.07) is 5.28. The van der Waals surface area contributed by atoms with Gasteiger partial charge in [0.05, 0.1) is 19.9 Å². The Labute approximate surface area is 111 Å². The molecule has 0 amide bonds. The summed E-state index contributed by atoms with van der Waals surface area (Å²) < 4.78 is 10.4. The van der Waals surface area contributed by atoms with Crippen molar-refractivity contribution in [1.29, 1.82) is 0 Å². The predicted molar refractivity (Wildman–Crippen MR) is 72.9 cm³/mol. The van der Waals surface area contributed by atoms with Crippen LogP contribution in [0.4, 0.5) is 0 Å². The van der Waals surface area contributed by atoms with E-state index >= 15 is 0 Å². The van der Waals surface area contributed by atoms with Crippen LogP contribution in [0.5, 0.6) is 11.5 Å². The summed E-state index contributed by atoms with van der Waals surface area (Å²) in [7, 11) is 3.12. The predicted octanol–water partition coefficient (Wildman–Crippen LogP) is 2.07. The second kappa shape index (κ2) is 5.14. The average molecular weight is 260 g/mol. The van der Waals surface area contributed by atoms with E-state index in [-0.39, 0.29) is 5.56 Å². The van der Waals surface area contributed by atoms with E-state index in [1.165, 1.54) is 0 Å². The van der Waals surface area contributed by atoms with Crippen LogP contribution in [0, 0.1) is 13.8 Å². The van der Waals surface area contributed by atoms with Crippen molar-refractivity contribution < 1.29 is 9.47 Å². The monoisotopic (exact) mass is 260 g/mol. The molecular weight excluding hydrogens is 244 g/mol. The van der Waals surface area contributed by atoms with Gasteiger partial charge in [0.25, 0.3) is 5.56 Å². The van der Waals surface area contributed by atoms with Gasteiger partial charge in [0.15, 0.2) is 11.5 Å². The maximum Gasteiger partial charge on any atom is 0.274 e. The van der Waals surface area contributed by atoms with Crippen molar-refractivity contribution in [3.63, 3.8) is 0 Å². The molecule has 1 aromatic carbocycles. The lowest BCUT2D eigenvalue weighted by Crippen LogP contribution is -2.14. The van der Waals surface area contributed by atoms with Crippen LogP contribution in [0.15, 0.2) is 23.0 Å². The van der Waals surface area contributed by atoms with Crippen molar-refractivity contribution in [3.05, 3.63) is 39.9 Å². The number of nitrogens with zero attached hydrogens (tertiary/aromatic N) is 1. The smallest absolute Gasteiger partial charge is 0.274 e. The highest BCUT2D eigenvalue weighted by Crippen LogP contribution is 2.30. The van der Waals surface area contributed by atoms with Gasteiger partial charge >= 0.3 is 0 Å². The molecule has 100 valence electrons. The number of hydrogen-bond acceptors (Lipinski definition) is 4. The molecule has 2 aromatic rings. The second-order valence-electron chi connectivity index (χ2n) is 4.19. The first kappa shape index (κ1) is 13.1. The minimum atomic E-state index is -0.213. The maximum absolute atomic E-state index is 12.0. The highest BCUT2D eigenvalue weighted by atomic mass is 16.5. The number of nitrogens with one attached hydrogen (secondary N) is 1. The van der Waals surface area contributed by atoms with Crippen LogP contribution < -0.4 is 15.0 Å². The Morgan fingerprint density at radius 2 is 1.79 bits per heavy atom. The first-order chi connectivity index (χ1) is 9.06. The van der Waals surface area contributed by atoms with E-state index in [9.17, 15) is 4.79 Å². The third kappa shape index (κ3) is 2.45. The Bertz CT molecular complexity index is 662. The van der Waals surface area contributed by atoms with Gasteiger partial charge < -0.3 is 14.5 Å². The number of methoxy groups -OCH3 is 2. The zero-order valence-electron chi connectivity index (χ0n) is 11.4. The van der Waals surface area contributed by atoms with E-state index in [0.717, 1.165) is 11.4 Å². The molecule has 1 N–H and O–H groups in total. The Kier molecular flexibility index (Phi) is 3.55. The van der Waals surface area contributed by atoms with E-state index in [1.54, 1.807) is 32.4 Å². The molecule has 5 nitrogen and oxygen atoms in total. The summed E-state index contributed by atoms with van der Waals surface area (Å²) in [6.07, 6.45) is 0. The van der Waals surface area contributed by atoms with Crippen LogP contribution in [0.3, 0.4) is 0 Å². The van der Waals surface area contributed by atoms with Crippen molar-refractivity contribution in [1.82, 2.24) is 9.97 Å². The number of rotatable bonds is 3. The van der Waals surface area contributed by atoms with Crippen LogP contribution in [0.2, 0.25) is 0 Å². The van der Waals surface area contributed by atoms with Gasteiger partial charge in [-0.2, -0.15) is 0 Å². The Morgan fingerprint density at radius 1 is 1.11 bits per heavy atom. The zero-order chi connectivity index (χ0) is 14.0. The topological polar surface area (TPSA) is 64.2 Å². The fourth-order valence-corrected chi connectivity index (χ4v) is 1.80. The molecule has 0 aliphatic heterocycles. The van der Waals surface area contributed by atoms with Crippen LogP contribution >= 0.6 is 0 Å². The molecule has 0 spiro atoms. The third-order valence-electron chi connectivity index (χ3n) is 3.00. The van der Waals surface area contributed by atoms with Crippen molar-refractivity contribution in [2.45, 2.75) is 13.8 Å². The molecule has 2 rings (SSSR count). The van der Waals surface area contributed by atoms with Crippen LogP contribution in [-0.2, 0) is 0 Å². The molecule has 0 saturated carbocycles. The third-order valence-corrected chi connectivity index (χ3v) is 3.00. The number of aromatic nitrogens is 2. The lowest BCUT2D eigenvalue weighted by Gasteiger charge is -2.09. The first-order valence-corrected chi connectivity index (χ1v) is 5.86. The van der Waals surface area contributed by atoms with E-state index in [0.29, 0.717) is 22.8 Å². The number of H-pyrrole nitrogens is 1. The molecule has 0 radical (unpaired) electrons. The van der Waals surface area contributed by atoms with Gasteiger partial charge in [-0.25, -0.2) is 4.98 Å². The second-order valence-corrected chi connectivity index (χ2v) is 4.19. The molecule has 0 bridgehead atoms. The van der Waals surface area contributed by atoms with Gasteiger partial charge in [-0.05, 0) is 32.0 Å². The van der Waals surface area contributed by atoms with Crippen molar-refractivity contribution in [3.8, 4) is 22.8 Å². The van der Waals surface area contributed by atoms with E-state index < -0.39 is 0 Å². The fourth-order valence-electron chi connectivity index (χ4n) is 1.80. The Balaban J connectivity index is 2.59. The molecule has 1 aromatic heterocycles. The molecule has 0 atom stereocenters. The molecule has 0 aliphatic carbocycles. The summed E-state index contributed by atoms with van der Waals surface area (Å²) >= 11 is 0. The van der Waals surface area contributed by atoms with Crippen LogP contribution in [-0.4, -0.2) is 24.2 Å². The lowest BCUT2D eigenvalue weighted by atomic mass is 10.1. The molecule has 19 heavy (non-hydrogen) atoms. The molecule has 1 heterocycles. The van der Waals surface area contributed by atoms with Crippen LogP contribution in [0.1, 0.15) is 11.4 Å². The fraction of sp³-hybridized carbons (Fsp3) is 0.286. The highest BCUT2D eigenvalue weighted by molar-refractivity contribution is 5.63. The summed E-state index contributed by atoms with van der Waals surface area (Å²) in [5.74, 6) is 1.19.